The van der Waals surface area contributed by atoms with Crippen LogP contribution in [0.2, 0.25) is 0 Å². The van der Waals surface area contributed by atoms with Gasteiger partial charge in [-0.15, -0.1) is 0 Å². The highest BCUT2D eigenvalue weighted by Gasteiger charge is 2.58. The van der Waals surface area contributed by atoms with Crippen molar-refractivity contribution in [2.24, 2.45) is 10.7 Å². The summed E-state index contributed by atoms with van der Waals surface area (Å²) in [6, 6.07) is 3.31. The average Bonchev–Trinajstić information content (AvgIpc) is 3.27. The molecule has 0 spiro atoms. The molecular formula is C20H26N6O9. The highest BCUT2D eigenvalue weighted by molar-refractivity contribution is 5.92. The summed E-state index contributed by atoms with van der Waals surface area (Å²) in [5.41, 5.74) is 3.00. The normalized spacial score (nSPS) is 36.4. The molecule has 190 valence electrons. The van der Waals surface area contributed by atoms with E-state index in [1.54, 1.807) is 6.07 Å². The lowest BCUT2D eigenvalue weighted by Crippen LogP contribution is -2.53. The van der Waals surface area contributed by atoms with Crippen LogP contribution in [0.25, 0.3) is 0 Å². The van der Waals surface area contributed by atoms with Crippen LogP contribution in [0.15, 0.2) is 52.9 Å². The molecule has 1 aromatic heterocycles. The van der Waals surface area contributed by atoms with E-state index in [4.69, 9.17) is 25.4 Å². The third-order valence-corrected chi connectivity index (χ3v) is 5.59. The van der Waals surface area contributed by atoms with E-state index in [2.05, 4.69) is 16.6 Å². The van der Waals surface area contributed by atoms with Gasteiger partial charge in [0.25, 0.3) is 5.72 Å². The Morgan fingerprint density at radius 2 is 1.86 bits per heavy atom. The lowest BCUT2D eigenvalue weighted by atomic mass is 10.0. The van der Waals surface area contributed by atoms with E-state index in [0.717, 1.165) is 4.57 Å². The first-order valence-electron chi connectivity index (χ1n) is 10.3. The predicted octanol–water partition coefficient (Wildman–Crippen LogP) is -4.17. The number of aliphatic imine (C=N–C) groups is 1. The molecule has 2 saturated heterocycles. The van der Waals surface area contributed by atoms with Gasteiger partial charge in [-0.05, 0) is 12.1 Å². The van der Waals surface area contributed by atoms with Crippen molar-refractivity contribution in [1.82, 2.24) is 14.5 Å². The zero-order valence-electron chi connectivity index (χ0n) is 18.3. The fraction of sp³-hybridized carbons (Fsp3) is 0.500. The van der Waals surface area contributed by atoms with Crippen LogP contribution in [0.1, 0.15) is 6.23 Å². The number of hydrogen-bond acceptors (Lipinski definition) is 14. The van der Waals surface area contributed by atoms with Crippen LogP contribution < -0.4 is 11.4 Å². The third kappa shape index (κ3) is 4.82. The van der Waals surface area contributed by atoms with Crippen molar-refractivity contribution in [3.8, 4) is 6.07 Å². The minimum absolute atomic E-state index is 0.0892. The van der Waals surface area contributed by atoms with Gasteiger partial charge in [0, 0.05) is 18.6 Å². The molecule has 2 unspecified atom stereocenters. The fourth-order valence-electron chi connectivity index (χ4n) is 3.75. The molecule has 0 aliphatic carbocycles. The summed E-state index contributed by atoms with van der Waals surface area (Å²) in [6.07, 6.45) is -2.91. The van der Waals surface area contributed by atoms with Gasteiger partial charge in [0.1, 0.15) is 54.3 Å². The molecule has 3 aliphatic rings. The van der Waals surface area contributed by atoms with Crippen LogP contribution >= 0.6 is 0 Å². The summed E-state index contributed by atoms with van der Waals surface area (Å²) in [4.78, 5) is 19.9. The molecule has 0 aromatic carbocycles. The Labute approximate surface area is 198 Å². The van der Waals surface area contributed by atoms with Crippen molar-refractivity contribution in [2.45, 2.75) is 48.6 Å². The second-order valence-electron chi connectivity index (χ2n) is 7.76. The molecule has 8 atom stereocenters. The number of aliphatic hydroxyl groups is 6. The number of amidine groups is 1. The van der Waals surface area contributed by atoms with Crippen molar-refractivity contribution in [3.05, 3.63) is 53.6 Å². The van der Waals surface area contributed by atoms with E-state index < -0.39 is 67.5 Å². The zero-order chi connectivity index (χ0) is 25.9. The summed E-state index contributed by atoms with van der Waals surface area (Å²) in [5.74, 6) is 0.285. The van der Waals surface area contributed by atoms with Crippen molar-refractivity contribution in [2.75, 3.05) is 13.2 Å². The Bertz CT molecular complexity index is 1090. The minimum Gasteiger partial charge on any atom is -0.394 e. The van der Waals surface area contributed by atoms with E-state index in [1.807, 2.05) is 0 Å². The van der Waals surface area contributed by atoms with Crippen molar-refractivity contribution < 1.29 is 40.1 Å². The van der Waals surface area contributed by atoms with E-state index >= 15 is 0 Å². The molecule has 1 aromatic rings. The first kappa shape index (κ1) is 26.4. The highest BCUT2D eigenvalue weighted by atomic mass is 16.6. The molecule has 4 heterocycles. The second kappa shape index (κ2) is 10.6. The van der Waals surface area contributed by atoms with E-state index in [1.165, 1.54) is 35.6 Å². The maximum absolute atomic E-state index is 11.4. The molecule has 3 aliphatic heterocycles. The summed E-state index contributed by atoms with van der Waals surface area (Å²) in [7, 11) is 0. The van der Waals surface area contributed by atoms with E-state index in [9.17, 15) is 30.5 Å². The number of nitrogens with two attached hydrogens (primary N) is 1. The summed E-state index contributed by atoms with van der Waals surface area (Å²) >= 11 is 0. The Balaban J connectivity index is 0.000000198. The maximum atomic E-state index is 11.4. The molecular weight excluding hydrogens is 468 g/mol. The third-order valence-electron chi connectivity index (χ3n) is 5.59. The van der Waals surface area contributed by atoms with Gasteiger partial charge in [0.2, 0.25) is 0 Å². The van der Waals surface area contributed by atoms with Crippen LogP contribution in [0, 0.1) is 11.3 Å². The monoisotopic (exact) mass is 494 g/mol. The lowest BCUT2D eigenvalue weighted by Gasteiger charge is -2.37. The molecule has 0 saturated carbocycles. The Morgan fingerprint density at radius 1 is 1.17 bits per heavy atom. The van der Waals surface area contributed by atoms with Gasteiger partial charge < -0.3 is 45.8 Å². The number of rotatable bonds is 4. The van der Waals surface area contributed by atoms with Gasteiger partial charge in [0.15, 0.2) is 6.23 Å². The lowest BCUT2D eigenvalue weighted by molar-refractivity contribution is -0.121. The highest BCUT2D eigenvalue weighted by Crippen LogP contribution is 2.37. The number of aliphatic hydroxyl groups excluding tert-OH is 6. The SMILES string of the molecule is C=C1N=C(N)C=CN1[C@]1(C#N)O[C@H](CO)[C@H](O)C1O.O=c1ncccn1[C@@H]1O[C@H](CO)[C@H](O)C1O. The predicted molar refractivity (Wildman–Crippen MR) is 116 cm³/mol. The fourth-order valence-corrected chi connectivity index (χ4v) is 3.75. The number of aromatic nitrogens is 2. The average molecular weight is 494 g/mol. The topological polar surface area (TPSA) is 240 Å². The molecule has 0 bridgehead atoms. The van der Waals surface area contributed by atoms with Crippen molar-refractivity contribution >= 4 is 5.84 Å². The van der Waals surface area contributed by atoms with E-state index in [0.29, 0.717) is 0 Å². The number of ether oxygens (including phenoxy) is 2. The van der Waals surface area contributed by atoms with Gasteiger partial charge in [-0.25, -0.2) is 14.8 Å². The van der Waals surface area contributed by atoms with Crippen molar-refractivity contribution in [1.29, 1.82) is 5.26 Å². The quantitative estimate of drug-likeness (QED) is 0.210. The maximum Gasteiger partial charge on any atom is 0.349 e. The minimum atomic E-state index is -1.90. The molecule has 15 heteroatoms. The summed E-state index contributed by atoms with van der Waals surface area (Å²) < 4.78 is 11.6. The Morgan fingerprint density at radius 3 is 2.37 bits per heavy atom. The summed E-state index contributed by atoms with van der Waals surface area (Å²) in [5, 5.41) is 66.3. The first-order chi connectivity index (χ1) is 16.6. The van der Waals surface area contributed by atoms with Crippen LogP contribution in [0.5, 0.6) is 0 Å². The van der Waals surface area contributed by atoms with Crippen LogP contribution in [-0.2, 0) is 9.47 Å². The zero-order valence-corrected chi connectivity index (χ0v) is 18.3. The van der Waals surface area contributed by atoms with Gasteiger partial charge in [-0.1, -0.05) is 6.58 Å². The molecule has 8 N–H and O–H groups in total. The van der Waals surface area contributed by atoms with Crippen LogP contribution in [-0.4, -0.2) is 106 Å². The smallest absolute Gasteiger partial charge is 0.349 e. The van der Waals surface area contributed by atoms with Gasteiger partial charge >= 0.3 is 5.69 Å². The molecule has 0 radical (unpaired) electrons. The molecule has 35 heavy (non-hydrogen) atoms. The van der Waals surface area contributed by atoms with Gasteiger partial charge in [-0.2, -0.15) is 5.26 Å². The van der Waals surface area contributed by atoms with Crippen LogP contribution in [0.3, 0.4) is 0 Å². The Hall–Kier alpha value is -3.20. The van der Waals surface area contributed by atoms with Crippen molar-refractivity contribution in [3.63, 3.8) is 0 Å². The molecule has 4 rings (SSSR count). The number of nitriles is 1. The van der Waals surface area contributed by atoms with Gasteiger partial charge in [0.05, 0.1) is 13.2 Å². The summed E-state index contributed by atoms with van der Waals surface area (Å²) in [6.45, 7) is 2.66. The first-order valence-corrected chi connectivity index (χ1v) is 10.3. The number of nitrogens with zero attached hydrogens (tertiary/aromatic N) is 5. The standard InChI is InChI=1S/C11H14N4O4.C9H12N2O5/c1-6-14-8(13)2-3-15(6)11(5-12)10(18)9(17)7(4-16)19-11;12-4-5-6(13)7(14)8(16-5)11-3-1-2-10-9(11)15/h2-3,7,9-10,16-18H,1,4H2,(H2,13,14);1-3,5-8,12-14H,4H2/t7-,9+,10?,11-;5-,6+,7?,8-/m11/s1. The molecule has 15 nitrogen and oxygen atoms in total. The van der Waals surface area contributed by atoms with E-state index in [-0.39, 0.29) is 11.7 Å². The Kier molecular flexibility index (Phi) is 8.00. The largest absolute Gasteiger partial charge is 0.394 e. The second-order valence-corrected chi connectivity index (χ2v) is 7.76. The molecule has 2 fully saturated rings. The van der Waals surface area contributed by atoms with Gasteiger partial charge in [-0.3, -0.25) is 9.47 Å². The molecule has 0 amide bonds. The van der Waals surface area contributed by atoms with Crippen LogP contribution in [0.4, 0.5) is 0 Å². The number of hydrogen-bond donors (Lipinski definition) is 7.